The Labute approximate surface area is 107 Å². The minimum Gasteiger partial charge on any atom is -0.372 e. The molecular formula is C14H18O4. The molecule has 4 nitrogen and oxygen atoms in total. The second-order valence-electron chi connectivity index (χ2n) is 4.71. The van der Waals surface area contributed by atoms with E-state index < -0.39 is 0 Å². The van der Waals surface area contributed by atoms with Gasteiger partial charge < -0.3 is 18.9 Å². The van der Waals surface area contributed by atoms with Gasteiger partial charge in [-0.3, -0.25) is 0 Å². The van der Waals surface area contributed by atoms with Crippen LogP contribution in [0.3, 0.4) is 0 Å². The standard InChI is InChI=1S/C14H18O4/c1-15-13-7-11-14(12(18-13)9-16-11)17-8-10-5-3-2-4-6-10/h2-6,11-14H,7-9H2,1H3. The second-order valence-corrected chi connectivity index (χ2v) is 4.71. The molecule has 0 spiro atoms. The first-order valence-electron chi connectivity index (χ1n) is 6.32. The van der Waals surface area contributed by atoms with Gasteiger partial charge in [0.2, 0.25) is 0 Å². The first kappa shape index (κ1) is 12.1. The van der Waals surface area contributed by atoms with Crippen molar-refractivity contribution in [1.82, 2.24) is 0 Å². The Morgan fingerprint density at radius 2 is 2.06 bits per heavy atom. The van der Waals surface area contributed by atoms with Crippen LogP contribution in [0.25, 0.3) is 0 Å². The molecule has 1 aromatic carbocycles. The van der Waals surface area contributed by atoms with E-state index >= 15 is 0 Å². The van der Waals surface area contributed by atoms with E-state index in [2.05, 4.69) is 12.1 Å². The van der Waals surface area contributed by atoms with E-state index in [0.29, 0.717) is 13.2 Å². The van der Waals surface area contributed by atoms with E-state index in [0.717, 1.165) is 6.42 Å². The van der Waals surface area contributed by atoms with Gasteiger partial charge in [0, 0.05) is 13.5 Å². The van der Waals surface area contributed by atoms with Crippen molar-refractivity contribution in [3.8, 4) is 0 Å². The van der Waals surface area contributed by atoms with Gasteiger partial charge in [-0.1, -0.05) is 30.3 Å². The molecule has 2 heterocycles. The normalized spacial score (nSPS) is 34.7. The summed E-state index contributed by atoms with van der Waals surface area (Å²) in [4.78, 5) is 0. The molecule has 2 bridgehead atoms. The molecule has 98 valence electrons. The Bertz CT molecular complexity index is 367. The summed E-state index contributed by atoms with van der Waals surface area (Å²) in [5.74, 6) is 0. The number of hydrogen-bond acceptors (Lipinski definition) is 4. The maximum atomic E-state index is 5.94. The highest BCUT2D eigenvalue weighted by atomic mass is 16.7. The summed E-state index contributed by atoms with van der Waals surface area (Å²) in [7, 11) is 1.66. The SMILES string of the molecule is COC1CC2OCC(O1)C2OCc1ccccc1. The number of hydrogen-bond donors (Lipinski definition) is 0. The Morgan fingerprint density at radius 3 is 2.78 bits per heavy atom. The van der Waals surface area contributed by atoms with Crippen molar-refractivity contribution in [2.24, 2.45) is 0 Å². The lowest BCUT2D eigenvalue weighted by atomic mass is 10.0. The summed E-state index contributed by atoms with van der Waals surface area (Å²) >= 11 is 0. The fourth-order valence-electron chi connectivity index (χ4n) is 2.54. The van der Waals surface area contributed by atoms with Crippen LogP contribution in [0.2, 0.25) is 0 Å². The van der Waals surface area contributed by atoms with Crippen molar-refractivity contribution in [1.29, 1.82) is 0 Å². The van der Waals surface area contributed by atoms with Crippen molar-refractivity contribution >= 4 is 0 Å². The van der Waals surface area contributed by atoms with Gasteiger partial charge in [-0.05, 0) is 5.56 Å². The van der Waals surface area contributed by atoms with Gasteiger partial charge in [0.1, 0.15) is 12.2 Å². The van der Waals surface area contributed by atoms with E-state index in [4.69, 9.17) is 18.9 Å². The van der Waals surface area contributed by atoms with Crippen LogP contribution < -0.4 is 0 Å². The quantitative estimate of drug-likeness (QED) is 0.815. The van der Waals surface area contributed by atoms with E-state index in [1.54, 1.807) is 7.11 Å². The molecule has 4 unspecified atom stereocenters. The van der Waals surface area contributed by atoms with E-state index in [1.807, 2.05) is 18.2 Å². The van der Waals surface area contributed by atoms with Crippen LogP contribution >= 0.6 is 0 Å². The predicted octanol–water partition coefficient (Wildman–Crippen LogP) is 1.73. The lowest BCUT2D eigenvalue weighted by Crippen LogP contribution is -2.44. The number of benzene rings is 1. The largest absolute Gasteiger partial charge is 0.372 e. The molecule has 2 saturated heterocycles. The van der Waals surface area contributed by atoms with E-state index in [9.17, 15) is 0 Å². The van der Waals surface area contributed by atoms with Crippen LogP contribution in [0.15, 0.2) is 30.3 Å². The van der Waals surface area contributed by atoms with Crippen LogP contribution in [0.1, 0.15) is 12.0 Å². The average molecular weight is 250 g/mol. The summed E-state index contributed by atoms with van der Waals surface area (Å²) in [5.41, 5.74) is 1.17. The fourth-order valence-corrected chi connectivity index (χ4v) is 2.54. The number of fused-ring (bicyclic) bond motifs is 2. The molecule has 18 heavy (non-hydrogen) atoms. The fraction of sp³-hybridized carbons (Fsp3) is 0.571. The molecule has 0 amide bonds. The zero-order valence-corrected chi connectivity index (χ0v) is 10.5. The Morgan fingerprint density at radius 1 is 1.22 bits per heavy atom. The molecule has 0 aliphatic carbocycles. The summed E-state index contributed by atoms with van der Waals surface area (Å²) in [6.45, 7) is 1.20. The van der Waals surface area contributed by atoms with Crippen LogP contribution in [0.5, 0.6) is 0 Å². The lowest BCUT2D eigenvalue weighted by molar-refractivity contribution is -0.213. The maximum absolute atomic E-state index is 5.94. The van der Waals surface area contributed by atoms with Crippen molar-refractivity contribution in [3.05, 3.63) is 35.9 Å². The van der Waals surface area contributed by atoms with Crippen LogP contribution in [-0.2, 0) is 25.6 Å². The third-order valence-electron chi connectivity index (χ3n) is 3.51. The van der Waals surface area contributed by atoms with Gasteiger partial charge in [0.25, 0.3) is 0 Å². The molecule has 0 N–H and O–H groups in total. The molecule has 3 rings (SSSR count). The highest BCUT2D eigenvalue weighted by Crippen LogP contribution is 2.32. The first-order chi connectivity index (χ1) is 8.86. The minimum absolute atomic E-state index is 0.00240. The molecule has 2 aliphatic rings. The molecule has 0 aromatic heterocycles. The van der Waals surface area contributed by atoms with Crippen LogP contribution in [0.4, 0.5) is 0 Å². The molecule has 0 radical (unpaired) electrons. The predicted molar refractivity (Wildman–Crippen MR) is 65.0 cm³/mol. The molecule has 2 fully saturated rings. The third kappa shape index (κ3) is 2.42. The summed E-state index contributed by atoms with van der Waals surface area (Å²) in [6.07, 6.45) is 0.706. The Balaban J connectivity index is 1.58. The van der Waals surface area contributed by atoms with E-state index in [1.165, 1.54) is 5.56 Å². The van der Waals surface area contributed by atoms with Gasteiger partial charge in [-0.2, -0.15) is 0 Å². The molecule has 2 aliphatic heterocycles. The maximum Gasteiger partial charge on any atom is 0.160 e. The first-order valence-corrected chi connectivity index (χ1v) is 6.32. The van der Waals surface area contributed by atoms with Crippen molar-refractivity contribution in [2.75, 3.05) is 13.7 Å². The topological polar surface area (TPSA) is 36.9 Å². The average Bonchev–Trinajstić information content (AvgIpc) is 2.66. The third-order valence-corrected chi connectivity index (χ3v) is 3.51. The van der Waals surface area contributed by atoms with E-state index in [-0.39, 0.29) is 24.6 Å². The molecular weight excluding hydrogens is 232 g/mol. The molecule has 0 saturated carbocycles. The zero-order chi connectivity index (χ0) is 12.4. The van der Waals surface area contributed by atoms with Crippen molar-refractivity contribution < 1.29 is 18.9 Å². The van der Waals surface area contributed by atoms with Crippen molar-refractivity contribution in [2.45, 2.75) is 37.6 Å². The summed E-state index contributed by atoms with van der Waals surface area (Å²) in [6, 6.07) is 10.2. The number of ether oxygens (including phenoxy) is 4. The second kappa shape index (κ2) is 5.36. The molecule has 1 aromatic rings. The van der Waals surface area contributed by atoms with Crippen LogP contribution in [0, 0.1) is 0 Å². The van der Waals surface area contributed by atoms with Gasteiger partial charge >= 0.3 is 0 Å². The van der Waals surface area contributed by atoms with Gasteiger partial charge in [0.15, 0.2) is 6.29 Å². The van der Waals surface area contributed by atoms with Crippen LogP contribution in [-0.4, -0.2) is 38.3 Å². The van der Waals surface area contributed by atoms with Crippen molar-refractivity contribution in [3.63, 3.8) is 0 Å². The summed E-state index contributed by atoms with van der Waals surface area (Å²) in [5, 5.41) is 0. The highest BCUT2D eigenvalue weighted by Gasteiger charge is 2.45. The molecule has 4 atom stereocenters. The van der Waals surface area contributed by atoms with Gasteiger partial charge in [-0.25, -0.2) is 0 Å². The highest BCUT2D eigenvalue weighted by molar-refractivity contribution is 5.13. The van der Waals surface area contributed by atoms with Gasteiger partial charge in [-0.15, -0.1) is 0 Å². The smallest absolute Gasteiger partial charge is 0.160 e. The lowest BCUT2D eigenvalue weighted by Gasteiger charge is -2.32. The monoisotopic (exact) mass is 250 g/mol. The summed E-state index contributed by atoms with van der Waals surface area (Å²) < 4.78 is 22.6. The molecule has 4 heteroatoms. The number of methoxy groups -OCH3 is 1. The Hall–Kier alpha value is -0.940. The van der Waals surface area contributed by atoms with Gasteiger partial charge in [0.05, 0.1) is 19.3 Å². The minimum atomic E-state index is -0.154. The zero-order valence-electron chi connectivity index (χ0n) is 10.5. The Kier molecular flexibility index (Phi) is 3.61. The number of rotatable bonds is 4.